The number of amides is 2. The number of carbonyl (C=O) groups is 2. The second kappa shape index (κ2) is 13.5. The Morgan fingerprint density at radius 1 is 1.00 bits per heavy atom. The number of hydrogen-bond donors (Lipinski definition) is 1. The lowest BCUT2D eigenvalue weighted by atomic mass is 10.1. The van der Waals surface area contributed by atoms with Crippen molar-refractivity contribution < 1.29 is 22.7 Å². The van der Waals surface area contributed by atoms with E-state index in [9.17, 15) is 18.0 Å². The first-order valence-electron chi connectivity index (χ1n) is 12.6. The monoisotopic (exact) mass is 569 g/mol. The molecule has 0 aliphatic heterocycles. The van der Waals surface area contributed by atoms with Crippen LogP contribution in [0, 0.1) is 6.92 Å². The highest BCUT2D eigenvalue weighted by atomic mass is 32.2. The van der Waals surface area contributed by atoms with E-state index >= 15 is 0 Å². The van der Waals surface area contributed by atoms with E-state index in [1.165, 1.54) is 35.8 Å². The normalized spacial score (nSPS) is 11.9. The molecule has 2 amide bonds. The minimum atomic E-state index is -4.18. The number of nitrogens with one attached hydrogen (secondary N) is 1. The summed E-state index contributed by atoms with van der Waals surface area (Å²) in [4.78, 5) is 28.9. The highest BCUT2D eigenvalue weighted by Gasteiger charge is 2.33. The maximum Gasteiger partial charge on any atom is 0.264 e. The van der Waals surface area contributed by atoms with Crippen LogP contribution in [0.2, 0.25) is 0 Å². The first-order valence-corrected chi connectivity index (χ1v) is 15.2. The molecule has 10 heteroatoms. The van der Waals surface area contributed by atoms with Gasteiger partial charge in [0.2, 0.25) is 11.8 Å². The quantitative estimate of drug-likeness (QED) is 0.323. The molecule has 1 unspecified atom stereocenters. The average Bonchev–Trinajstić information content (AvgIpc) is 2.95. The zero-order chi connectivity index (χ0) is 28.6. The van der Waals surface area contributed by atoms with Crippen LogP contribution < -0.4 is 14.4 Å². The average molecular weight is 570 g/mol. The van der Waals surface area contributed by atoms with Gasteiger partial charge in [-0.05, 0) is 69.0 Å². The summed E-state index contributed by atoms with van der Waals surface area (Å²) in [5.74, 6) is -0.545. The van der Waals surface area contributed by atoms with E-state index < -0.39 is 28.5 Å². The van der Waals surface area contributed by atoms with Gasteiger partial charge in [0.1, 0.15) is 18.3 Å². The van der Waals surface area contributed by atoms with Crippen LogP contribution in [0.1, 0.15) is 25.0 Å². The summed E-state index contributed by atoms with van der Waals surface area (Å²) in [6, 6.07) is 20.0. The second-order valence-electron chi connectivity index (χ2n) is 8.89. The number of likely N-dealkylation sites (N-methyl/N-ethyl adjacent to an activating group) is 1. The molecular weight excluding hydrogens is 534 g/mol. The fourth-order valence-electron chi connectivity index (χ4n) is 4.01. The molecule has 0 heterocycles. The number of nitrogens with zero attached hydrogens (tertiary/aromatic N) is 2. The highest BCUT2D eigenvalue weighted by molar-refractivity contribution is 7.98. The molecule has 8 nitrogen and oxygen atoms in total. The van der Waals surface area contributed by atoms with Crippen molar-refractivity contribution >= 4 is 39.3 Å². The minimum absolute atomic E-state index is 0.0452. The molecule has 0 bridgehead atoms. The number of para-hydroxylation sites is 2. The molecule has 0 aliphatic carbocycles. The molecular formula is C29H35N3O5S2. The maximum atomic E-state index is 14.0. The third kappa shape index (κ3) is 7.33. The molecule has 3 aromatic rings. The molecule has 0 saturated heterocycles. The van der Waals surface area contributed by atoms with Crippen LogP contribution in [0.3, 0.4) is 0 Å². The Kier molecular flexibility index (Phi) is 10.4. The number of thioether (sulfide) groups is 1. The van der Waals surface area contributed by atoms with Gasteiger partial charge in [-0.3, -0.25) is 13.9 Å². The number of carbonyl (C=O) groups excluding carboxylic acids is 2. The van der Waals surface area contributed by atoms with Crippen molar-refractivity contribution in [1.29, 1.82) is 0 Å². The highest BCUT2D eigenvalue weighted by Crippen LogP contribution is 2.33. The lowest BCUT2D eigenvalue weighted by Gasteiger charge is -2.32. The Morgan fingerprint density at radius 2 is 1.64 bits per heavy atom. The van der Waals surface area contributed by atoms with Crippen LogP contribution in [-0.4, -0.2) is 57.6 Å². The van der Waals surface area contributed by atoms with E-state index in [0.29, 0.717) is 12.4 Å². The Hall–Kier alpha value is -3.50. The fourth-order valence-corrected chi connectivity index (χ4v) is 5.84. The van der Waals surface area contributed by atoms with Crippen LogP contribution in [0.4, 0.5) is 5.69 Å². The van der Waals surface area contributed by atoms with E-state index in [4.69, 9.17) is 4.74 Å². The summed E-state index contributed by atoms with van der Waals surface area (Å²) < 4.78 is 34.8. The summed E-state index contributed by atoms with van der Waals surface area (Å²) in [7, 11) is -2.68. The molecule has 3 aromatic carbocycles. The van der Waals surface area contributed by atoms with E-state index in [0.717, 1.165) is 20.3 Å². The first-order chi connectivity index (χ1) is 18.6. The van der Waals surface area contributed by atoms with Gasteiger partial charge >= 0.3 is 0 Å². The molecule has 0 aliphatic rings. The smallest absolute Gasteiger partial charge is 0.264 e. The second-order valence-corrected chi connectivity index (χ2v) is 11.6. The van der Waals surface area contributed by atoms with Gasteiger partial charge in [-0.2, -0.15) is 0 Å². The third-order valence-electron chi connectivity index (χ3n) is 6.25. The number of aryl methyl sites for hydroxylation is 1. The van der Waals surface area contributed by atoms with Crippen molar-refractivity contribution in [2.75, 3.05) is 30.8 Å². The maximum absolute atomic E-state index is 14.0. The van der Waals surface area contributed by atoms with E-state index in [1.807, 2.05) is 37.4 Å². The number of ether oxygens (including phenoxy) is 1. The predicted octanol–water partition coefficient (Wildman–Crippen LogP) is 4.47. The van der Waals surface area contributed by atoms with Crippen molar-refractivity contribution in [2.24, 2.45) is 0 Å². The van der Waals surface area contributed by atoms with Gasteiger partial charge in [0.15, 0.2) is 0 Å². The lowest BCUT2D eigenvalue weighted by Crippen LogP contribution is -2.50. The molecule has 1 atom stereocenters. The first kappa shape index (κ1) is 30.0. The van der Waals surface area contributed by atoms with Gasteiger partial charge in [0, 0.05) is 18.5 Å². The summed E-state index contributed by atoms with van der Waals surface area (Å²) in [6.45, 7) is 5.31. The third-order valence-corrected chi connectivity index (χ3v) is 8.76. The summed E-state index contributed by atoms with van der Waals surface area (Å²) in [6.07, 6.45) is 1.91. The minimum Gasteiger partial charge on any atom is -0.492 e. The molecule has 0 radical (unpaired) electrons. The summed E-state index contributed by atoms with van der Waals surface area (Å²) in [5.41, 5.74) is 2.12. The van der Waals surface area contributed by atoms with Gasteiger partial charge in [-0.15, -0.1) is 11.8 Å². The molecule has 208 valence electrons. The Morgan fingerprint density at radius 3 is 2.23 bits per heavy atom. The standard InChI is InChI=1S/C29H35N3O5S2/c1-6-37-27-10-8-7-9-26(27)32(39(35,36)25-17-15-24(38-5)16-18-25)20-28(33)31(22(3)29(34)30-4)19-23-13-11-21(2)12-14-23/h7-18,22H,6,19-20H2,1-5H3,(H,30,34). The van der Waals surface area contributed by atoms with Gasteiger partial charge in [-0.1, -0.05) is 42.0 Å². The lowest BCUT2D eigenvalue weighted by molar-refractivity contribution is -0.139. The molecule has 39 heavy (non-hydrogen) atoms. The predicted molar refractivity (Wildman–Crippen MR) is 156 cm³/mol. The molecule has 1 N–H and O–H groups in total. The molecule has 0 spiro atoms. The number of benzene rings is 3. The van der Waals surface area contributed by atoms with Crippen molar-refractivity contribution in [3.8, 4) is 5.75 Å². The SMILES string of the molecule is CCOc1ccccc1N(CC(=O)N(Cc1ccc(C)cc1)C(C)C(=O)NC)S(=O)(=O)c1ccc(SC)cc1. The topological polar surface area (TPSA) is 96.0 Å². The van der Waals surface area contributed by atoms with Gasteiger partial charge in [-0.25, -0.2) is 8.42 Å². The van der Waals surface area contributed by atoms with Crippen LogP contribution in [0.25, 0.3) is 0 Å². The number of rotatable bonds is 12. The Labute approximate surface area is 235 Å². The van der Waals surface area contributed by atoms with Crippen molar-refractivity contribution in [2.45, 2.75) is 43.1 Å². The van der Waals surface area contributed by atoms with Crippen molar-refractivity contribution in [3.05, 3.63) is 83.9 Å². The van der Waals surface area contributed by atoms with Gasteiger partial charge < -0.3 is 15.0 Å². The van der Waals surface area contributed by atoms with Crippen LogP contribution in [0.5, 0.6) is 5.75 Å². The molecule has 0 fully saturated rings. The largest absolute Gasteiger partial charge is 0.492 e. The molecule has 0 saturated carbocycles. The summed E-state index contributed by atoms with van der Waals surface area (Å²) in [5, 5.41) is 2.59. The van der Waals surface area contributed by atoms with Gasteiger partial charge in [0.25, 0.3) is 10.0 Å². The number of hydrogen-bond acceptors (Lipinski definition) is 6. The van der Waals surface area contributed by atoms with E-state index in [-0.39, 0.29) is 23.0 Å². The van der Waals surface area contributed by atoms with Crippen LogP contribution >= 0.6 is 11.8 Å². The fraction of sp³-hybridized carbons (Fsp3) is 0.310. The Balaban J connectivity index is 2.08. The number of sulfonamides is 1. The number of anilines is 1. The van der Waals surface area contributed by atoms with Gasteiger partial charge in [0.05, 0.1) is 17.2 Å². The Bertz CT molecular complexity index is 1380. The van der Waals surface area contributed by atoms with Crippen molar-refractivity contribution in [1.82, 2.24) is 10.2 Å². The molecule has 0 aromatic heterocycles. The van der Waals surface area contributed by atoms with Crippen molar-refractivity contribution in [3.63, 3.8) is 0 Å². The zero-order valence-corrected chi connectivity index (χ0v) is 24.5. The van der Waals surface area contributed by atoms with Crippen LogP contribution in [0.15, 0.2) is 82.6 Å². The molecule has 3 rings (SSSR count). The van der Waals surface area contributed by atoms with E-state index in [2.05, 4.69) is 5.32 Å². The summed E-state index contributed by atoms with van der Waals surface area (Å²) >= 11 is 1.50. The van der Waals surface area contributed by atoms with E-state index in [1.54, 1.807) is 50.2 Å². The van der Waals surface area contributed by atoms with Crippen LogP contribution in [-0.2, 0) is 26.2 Å². The zero-order valence-electron chi connectivity index (χ0n) is 22.9.